The average molecular weight is 264 g/mol. The van der Waals surface area contributed by atoms with Gasteiger partial charge in [0.05, 0.1) is 3.57 Å². The van der Waals surface area contributed by atoms with Crippen LogP contribution in [0.15, 0.2) is 6.20 Å². The van der Waals surface area contributed by atoms with Crippen molar-refractivity contribution in [2.45, 2.75) is 19.9 Å². The molecule has 60 valence electrons. The molecule has 0 aromatic carbocycles. The van der Waals surface area contributed by atoms with Crippen LogP contribution in [-0.4, -0.2) is 16.1 Å². The second-order valence-corrected chi connectivity index (χ2v) is 3.72. The molecule has 1 rings (SSSR count). The van der Waals surface area contributed by atoms with E-state index in [2.05, 4.69) is 27.7 Å². The highest BCUT2D eigenvalue weighted by Crippen LogP contribution is 2.11. The fraction of sp³-hybridized carbons (Fsp3) is 0.429. The number of carbonyl (C=O) groups is 1. The zero-order valence-corrected chi connectivity index (χ0v) is 8.57. The van der Waals surface area contributed by atoms with Crippen molar-refractivity contribution < 1.29 is 4.79 Å². The molecule has 0 N–H and O–H groups in total. The molecule has 0 saturated heterocycles. The highest BCUT2D eigenvalue weighted by molar-refractivity contribution is 14.1. The van der Waals surface area contributed by atoms with Crippen LogP contribution in [0.5, 0.6) is 0 Å². The molecule has 3 nitrogen and oxygen atoms in total. The van der Waals surface area contributed by atoms with Crippen molar-refractivity contribution in [2.24, 2.45) is 0 Å². The molecular weight excluding hydrogens is 255 g/mol. The van der Waals surface area contributed by atoms with Crippen molar-refractivity contribution in [1.82, 2.24) is 9.78 Å². The Morgan fingerprint density at radius 3 is 2.64 bits per heavy atom. The van der Waals surface area contributed by atoms with E-state index in [-0.39, 0.29) is 0 Å². The molecule has 0 fully saturated rings. The van der Waals surface area contributed by atoms with E-state index in [1.54, 1.807) is 4.68 Å². The van der Waals surface area contributed by atoms with Gasteiger partial charge in [0, 0.05) is 12.2 Å². The van der Waals surface area contributed by atoms with Gasteiger partial charge in [-0.2, -0.15) is 5.10 Å². The monoisotopic (exact) mass is 264 g/mol. The summed E-state index contributed by atoms with van der Waals surface area (Å²) in [7, 11) is 0. The van der Waals surface area contributed by atoms with Crippen LogP contribution in [0, 0.1) is 3.57 Å². The minimum absolute atomic E-state index is 0.317. The molecule has 0 amide bonds. The first-order chi connectivity index (χ1) is 5.15. The number of aldehydes is 1. The molecule has 0 bridgehead atoms. The van der Waals surface area contributed by atoms with Crippen LogP contribution in [0.2, 0.25) is 0 Å². The van der Waals surface area contributed by atoms with Crippen molar-refractivity contribution in [3.05, 3.63) is 15.5 Å². The number of rotatable bonds is 2. The third-order valence-electron chi connectivity index (χ3n) is 1.35. The van der Waals surface area contributed by atoms with Crippen LogP contribution in [-0.2, 0) is 0 Å². The molecule has 0 spiro atoms. The van der Waals surface area contributed by atoms with Crippen LogP contribution in [0.4, 0.5) is 0 Å². The van der Waals surface area contributed by atoms with Crippen LogP contribution in [0.3, 0.4) is 0 Å². The highest BCUT2D eigenvalue weighted by atomic mass is 127. The van der Waals surface area contributed by atoms with E-state index in [0.29, 0.717) is 11.7 Å². The lowest BCUT2D eigenvalue weighted by atomic mass is 10.4. The van der Waals surface area contributed by atoms with Gasteiger partial charge in [0.25, 0.3) is 0 Å². The SMILES string of the molecule is CC(C)n1cc(I)c(C=O)n1. The van der Waals surface area contributed by atoms with E-state index in [9.17, 15) is 4.79 Å². The van der Waals surface area contributed by atoms with Crippen LogP contribution in [0.1, 0.15) is 30.4 Å². The summed E-state index contributed by atoms with van der Waals surface area (Å²) in [6.07, 6.45) is 2.65. The molecule has 1 aromatic rings. The van der Waals surface area contributed by atoms with E-state index in [4.69, 9.17) is 0 Å². The fourth-order valence-electron chi connectivity index (χ4n) is 0.728. The van der Waals surface area contributed by atoms with Gasteiger partial charge in [0.15, 0.2) is 6.29 Å². The third kappa shape index (κ3) is 1.79. The summed E-state index contributed by atoms with van der Waals surface area (Å²) in [4.78, 5) is 10.4. The summed E-state index contributed by atoms with van der Waals surface area (Å²) in [6.45, 7) is 4.05. The normalized spacial score (nSPS) is 10.5. The molecule has 4 heteroatoms. The topological polar surface area (TPSA) is 34.9 Å². The van der Waals surface area contributed by atoms with E-state index >= 15 is 0 Å². The molecule has 0 aliphatic heterocycles. The first kappa shape index (κ1) is 8.70. The Morgan fingerprint density at radius 1 is 1.73 bits per heavy atom. The summed E-state index contributed by atoms with van der Waals surface area (Å²) >= 11 is 2.10. The predicted octanol–water partition coefficient (Wildman–Crippen LogP) is 1.88. The summed E-state index contributed by atoms with van der Waals surface area (Å²) in [5.41, 5.74) is 0.527. The van der Waals surface area contributed by atoms with E-state index in [1.165, 1.54) is 0 Å². The van der Waals surface area contributed by atoms with E-state index < -0.39 is 0 Å². The molecule has 1 aromatic heterocycles. The van der Waals surface area contributed by atoms with Gasteiger partial charge >= 0.3 is 0 Å². The van der Waals surface area contributed by atoms with E-state index in [0.717, 1.165) is 9.86 Å². The summed E-state index contributed by atoms with van der Waals surface area (Å²) in [5, 5.41) is 4.07. The lowest BCUT2D eigenvalue weighted by molar-refractivity contribution is 0.111. The Morgan fingerprint density at radius 2 is 2.36 bits per heavy atom. The second-order valence-electron chi connectivity index (χ2n) is 2.55. The molecule has 0 saturated carbocycles. The minimum atomic E-state index is 0.317. The number of hydrogen-bond donors (Lipinski definition) is 0. The average Bonchev–Trinajstić information content (AvgIpc) is 2.31. The Bertz CT molecular complexity index is 267. The summed E-state index contributed by atoms with van der Waals surface area (Å²) in [6, 6.07) is 0.317. The largest absolute Gasteiger partial charge is 0.296 e. The Balaban J connectivity index is 3.04. The van der Waals surface area contributed by atoms with Crippen LogP contribution in [0.25, 0.3) is 0 Å². The molecule has 0 aliphatic carbocycles. The highest BCUT2D eigenvalue weighted by Gasteiger charge is 2.06. The molecule has 0 atom stereocenters. The Hall–Kier alpha value is -0.390. The number of aromatic nitrogens is 2. The Labute approximate surface area is 78.9 Å². The van der Waals surface area contributed by atoms with E-state index in [1.807, 2.05) is 20.0 Å². The molecule has 0 radical (unpaired) electrons. The van der Waals surface area contributed by atoms with Gasteiger partial charge < -0.3 is 0 Å². The van der Waals surface area contributed by atoms with Crippen molar-refractivity contribution in [2.75, 3.05) is 0 Å². The minimum Gasteiger partial charge on any atom is -0.296 e. The maximum Gasteiger partial charge on any atom is 0.171 e. The predicted molar refractivity (Wildman–Crippen MR) is 50.7 cm³/mol. The van der Waals surface area contributed by atoms with Gasteiger partial charge in [-0.25, -0.2) is 0 Å². The van der Waals surface area contributed by atoms with Crippen LogP contribution >= 0.6 is 22.6 Å². The fourth-order valence-corrected chi connectivity index (χ4v) is 1.25. The van der Waals surface area contributed by atoms with Crippen molar-refractivity contribution in [3.63, 3.8) is 0 Å². The summed E-state index contributed by atoms with van der Waals surface area (Å²) < 4.78 is 2.69. The maximum absolute atomic E-state index is 10.4. The first-order valence-electron chi connectivity index (χ1n) is 3.35. The molecule has 0 aliphatic rings. The third-order valence-corrected chi connectivity index (χ3v) is 2.19. The first-order valence-corrected chi connectivity index (χ1v) is 4.43. The zero-order valence-electron chi connectivity index (χ0n) is 6.41. The standard InChI is InChI=1S/C7H9IN2O/c1-5(2)10-3-6(8)7(4-11)9-10/h3-5H,1-2H3. The second kappa shape index (κ2) is 3.34. The lowest BCUT2D eigenvalue weighted by Crippen LogP contribution is -2.01. The van der Waals surface area contributed by atoms with Gasteiger partial charge in [0.1, 0.15) is 5.69 Å². The van der Waals surface area contributed by atoms with Gasteiger partial charge in [-0.1, -0.05) is 0 Å². The van der Waals surface area contributed by atoms with Crippen LogP contribution < -0.4 is 0 Å². The smallest absolute Gasteiger partial charge is 0.171 e. The quantitative estimate of drug-likeness (QED) is 0.603. The molecular formula is C7H9IN2O. The maximum atomic E-state index is 10.4. The van der Waals surface area contributed by atoms with Gasteiger partial charge in [-0.15, -0.1) is 0 Å². The Kier molecular flexibility index (Phi) is 2.64. The number of nitrogens with zero attached hydrogens (tertiary/aromatic N) is 2. The molecule has 1 heterocycles. The van der Waals surface area contributed by atoms with Crippen molar-refractivity contribution >= 4 is 28.9 Å². The van der Waals surface area contributed by atoms with Crippen molar-refractivity contribution in [3.8, 4) is 0 Å². The van der Waals surface area contributed by atoms with Gasteiger partial charge in [-0.05, 0) is 36.4 Å². The summed E-state index contributed by atoms with van der Waals surface area (Å²) in [5.74, 6) is 0. The van der Waals surface area contributed by atoms with Gasteiger partial charge in [-0.3, -0.25) is 9.48 Å². The molecule has 0 unspecified atom stereocenters. The number of halogens is 1. The van der Waals surface area contributed by atoms with Crippen molar-refractivity contribution in [1.29, 1.82) is 0 Å². The zero-order chi connectivity index (χ0) is 8.43. The lowest BCUT2D eigenvalue weighted by Gasteiger charge is -2.02. The molecule has 11 heavy (non-hydrogen) atoms. The van der Waals surface area contributed by atoms with Gasteiger partial charge in [0.2, 0.25) is 0 Å². The number of hydrogen-bond acceptors (Lipinski definition) is 2. The number of carbonyl (C=O) groups excluding carboxylic acids is 1.